The zero-order valence-electron chi connectivity index (χ0n) is 17.5. The number of pyridine rings is 1. The number of nitrogens with zero attached hydrogens (tertiary/aromatic N) is 4. The average Bonchev–Trinajstić information content (AvgIpc) is 2.72. The Labute approximate surface area is 176 Å². The minimum atomic E-state index is -0.510. The molecule has 1 aliphatic rings. The molecule has 2 aromatic rings. The molecule has 0 atom stereocenters. The summed E-state index contributed by atoms with van der Waals surface area (Å²) in [6.07, 6.45) is -0.296. The van der Waals surface area contributed by atoms with Gasteiger partial charge in [0, 0.05) is 38.3 Å². The molecule has 2 heterocycles. The number of hydrogen-bond donors (Lipinski definition) is 1. The highest BCUT2D eigenvalue weighted by molar-refractivity contribution is 5.68. The number of anilines is 2. The third-order valence-electron chi connectivity index (χ3n) is 4.63. The summed E-state index contributed by atoms with van der Waals surface area (Å²) in [7, 11) is 0. The highest BCUT2D eigenvalue weighted by atomic mass is 19.1. The molecule has 158 valence electrons. The van der Waals surface area contributed by atoms with E-state index in [0.717, 1.165) is 5.82 Å². The van der Waals surface area contributed by atoms with Crippen LogP contribution in [0.3, 0.4) is 0 Å². The van der Waals surface area contributed by atoms with Gasteiger partial charge in [-0.15, -0.1) is 0 Å². The van der Waals surface area contributed by atoms with Gasteiger partial charge in [0.1, 0.15) is 23.1 Å². The largest absolute Gasteiger partial charge is 0.444 e. The molecule has 8 heteroatoms. The SMILES string of the molecule is CC(C)(C)OC(=O)N1CCN(c2cccc(NCc3ccc(C#N)cc3F)n2)CC1. The molecule has 1 aromatic carbocycles. The monoisotopic (exact) mass is 411 g/mol. The van der Waals surface area contributed by atoms with Crippen molar-refractivity contribution in [3.8, 4) is 6.07 Å². The first kappa shape index (κ1) is 21.4. The van der Waals surface area contributed by atoms with Gasteiger partial charge in [-0.3, -0.25) is 0 Å². The third kappa shape index (κ3) is 5.60. The number of ether oxygens (including phenoxy) is 1. The van der Waals surface area contributed by atoms with E-state index >= 15 is 0 Å². The number of halogens is 1. The highest BCUT2D eigenvalue weighted by Gasteiger charge is 2.26. The smallest absolute Gasteiger partial charge is 0.410 e. The fourth-order valence-corrected chi connectivity index (χ4v) is 3.09. The van der Waals surface area contributed by atoms with Gasteiger partial charge < -0.3 is 19.9 Å². The van der Waals surface area contributed by atoms with Gasteiger partial charge in [0.25, 0.3) is 0 Å². The van der Waals surface area contributed by atoms with Gasteiger partial charge in [-0.05, 0) is 45.0 Å². The van der Waals surface area contributed by atoms with Gasteiger partial charge in [0.05, 0.1) is 11.6 Å². The summed E-state index contributed by atoms with van der Waals surface area (Å²) in [5, 5.41) is 12.0. The van der Waals surface area contributed by atoms with E-state index in [1.54, 1.807) is 17.0 Å². The van der Waals surface area contributed by atoms with Crippen LogP contribution in [0.15, 0.2) is 36.4 Å². The molecule has 1 saturated heterocycles. The van der Waals surface area contributed by atoms with Crippen molar-refractivity contribution in [2.24, 2.45) is 0 Å². The van der Waals surface area contributed by atoms with Gasteiger partial charge in [0.2, 0.25) is 0 Å². The van der Waals surface area contributed by atoms with Gasteiger partial charge in [0.15, 0.2) is 0 Å². The number of aromatic nitrogens is 1. The van der Waals surface area contributed by atoms with Crippen LogP contribution in [0, 0.1) is 17.1 Å². The maximum absolute atomic E-state index is 14.1. The van der Waals surface area contributed by atoms with Crippen molar-refractivity contribution in [2.45, 2.75) is 32.9 Å². The standard InChI is InChI=1S/C22H26FN5O2/c1-22(2,3)30-21(29)28-11-9-27(10-12-28)20-6-4-5-19(26-20)25-15-17-8-7-16(14-24)13-18(17)23/h4-8,13H,9-12,15H2,1-3H3,(H,25,26). The number of rotatable bonds is 4. The molecule has 0 bridgehead atoms. The van der Waals surface area contributed by atoms with E-state index in [2.05, 4.69) is 15.2 Å². The van der Waals surface area contributed by atoms with Crippen LogP contribution in [-0.4, -0.2) is 47.8 Å². The van der Waals surface area contributed by atoms with E-state index < -0.39 is 11.4 Å². The van der Waals surface area contributed by atoms with Gasteiger partial charge >= 0.3 is 6.09 Å². The summed E-state index contributed by atoms with van der Waals surface area (Å²) in [6, 6.07) is 12.0. The van der Waals surface area contributed by atoms with Gasteiger partial charge in [-0.25, -0.2) is 14.2 Å². The van der Waals surface area contributed by atoms with Crippen LogP contribution >= 0.6 is 0 Å². The van der Waals surface area contributed by atoms with E-state index in [4.69, 9.17) is 10.00 Å². The van der Waals surface area contributed by atoms with Crippen molar-refractivity contribution < 1.29 is 13.9 Å². The number of nitriles is 1. The number of carbonyl (C=O) groups excluding carboxylic acids is 1. The van der Waals surface area contributed by atoms with Crippen molar-refractivity contribution in [3.63, 3.8) is 0 Å². The second-order valence-corrected chi connectivity index (χ2v) is 8.11. The van der Waals surface area contributed by atoms with Crippen LogP contribution in [0.2, 0.25) is 0 Å². The molecule has 0 saturated carbocycles. The maximum atomic E-state index is 14.1. The quantitative estimate of drug-likeness (QED) is 0.825. The van der Waals surface area contributed by atoms with E-state index in [9.17, 15) is 9.18 Å². The van der Waals surface area contributed by atoms with E-state index in [1.165, 1.54) is 6.07 Å². The first-order chi connectivity index (χ1) is 14.2. The lowest BCUT2D eigenvalue weighted by Gasteiger charge is -2.36. The van der Waals surface area contributed by atoms with Crippen LogP contribution in [0.25, 0.3) is 0 Å². The van der Waals surface area contributed by atoms with Crippen molar-refractivity contribution in [1.29, 1.82) is 5.26 Å². The summed E-state index contributed by atoms with van der Waals surface area (Å²) in [5.74, 6) is 1.01. The lowest BCUT2D eigenvalue weighted by molar-refractivity contribution is 0.0240. The molecule has 1 fully saturated rings. The third-order valence-corrected chi connectivity index (χ3v) is 4.63. The lowest BCUT2D eigenvalue weighted by atomic mass is 10.1. The Morgan fingerprint density at radius 1 is 1.23 bits per heavy atom. The second kappa shape index (κ2) is 8.99. The normalized spacial score (nSPS) is 14.2. The van der Waals surface area contributed by atoms with Crippen LogP contribution in [0.4, 0.5) is 20.8 Å². The number of piperazine rings is 1. The number of benzene rings is 1. The molecule has 1 N–H and O–H groups in total. The Kier molecular flexibility index (Phi) is 6.40. The van der Waals surface area contributed by atoms with Crippen LogP contribution in [-0.2, 0) is 11.3 Å². The molecule has 0 aliphatic carbocycles. The Morgan fingerprint density at radius 2 is 1.97 bits per heavy atom. The molecule has 3 rings (SSSR count). The minimum Gasteiger partial charge on any atom is -0.444 e. The highest BCUT2D eigenvalue weighted by Crippen LogP contribution is 2.19. The Balaban J connectivity index is 1.57. The fourth-order valence-electron chi connectivity index (χ4n) is 3.09. The van der Waals surface area contributed by atoms with Crippen LogP contribution < -0.4 is 10.2 Å². The molecular formula is C22H26FN5O2. The predicted molar refractivity (Wildman–Crippen MR) is 113 cm³/mol. The predicted octanol–water partition coefficient (Wildman–Crippen LogP) is 3.76. The van der Waals surface area contributed by atoms with Gasteiger partial charge in [-0.1, -0.05) is 12.1 Å². The summed E-state index contributed by atoms with van der Waals surface area (Å²) in [6.45, 7) is 8.25. The molecule has 0 radical (unpaired) electrons. The van der Waals surface area contributed by atoms with Crippen molar-refractivity contribution in [3.05, 3.63) is 53.3 Å². The summed E-state index contributed by atoms with van der Waals surface area (Å²) in [4.78, 5) is 20.6. The van der Waals surface area contributed by atoms with Gasteiger partial charge in [-0.2, -0.15) is 5.26 Å². The average molecular weight is 411 g/mol. The van der Waals surface area contributed by atoms with Crippen molar-refractivity contribution in [1.82, 2.24) is 9.88 Å². The molecule has 0 unspecified atom stereocenters. The van der Waals surface area contributed by atoms with E-state index in [-0.39, 0.29) is 12.6 Å². The minimum absolute atomic E-state index is 0.264. The summed E-state index contributed by atoms with van der Waals surface area (Å²) in [5.41, 5.74) is 0.249. The van der Waals surface area contributed by atoms with Crippen molar-refractivity contribution >= 4 is 17.7 Å². The summed E-state index contributed by atoms with van der Waals surface area (Å²) < 4.78 is 19.5. The first-order valence-corrected chi connectivity index (χ1v) is 9.87. The number of hydrogen-bond acceptors (Lipinski definition) is 6. The van der Waals surface area contributed by atoms with Crippen molar-refractivity contribution in [2.75, 3.05) is 36.4 Å². The molecule has 1 amide bonds. The molecule has 0 spiro atoms. The molecular weight excluding hydrogens is 385 g/mol. The van der Waals surface area contributed by atoms with Crippen LogP contribution in [0.1, 0.15) is 31.9 Å². The topological polar surface area (TPSA) is 81.5 Å². The lowest BCUT2D eigenvalue weighted by Crippen LogP contribution is -2.50. The van der Waals surface area contributed by atoms with Crippen LogP contribution in [0.5, 0.6) is 0 Å². The molecule has 30 heavy (non-hydrogen) atoms. The zero-order chi connectivity index (χ0) is 21.7. The number of amides is 1. The van der Waals surface area contributed by atoms with E-state index in [1.807, 2.05) is 45.0 Å². The first-order valence-electron chi connectivity index (χ1n) is 9.87. The number of nitrogens with one attached hydrogen (secondary N) is 1. The maximum Gasteiger partial charge on any atom is 0.410 e. The number of carbonyl (C=O) groups is 1. The second-order valence-electron chi connectivity index (χ2n) is 8.11. The molecule has 1 aliphatic heterocycles. The Morgan fingerprint density at radius 3 is 2.60 bits per heavy atom. The Hall–Kier alpha value is -3.34. The zero-order valence-corrected chi connectivity index (χ0v) is 17.5. The summed E-state index contributed by atoms with van der Waals surface area (Å²) >= 11 is 0. The molecule has 7 nitrogen and oxygen atoms in total. The molecule has 1 aromatic heterocycles. The fraction of sp³-hybridized carbons (Fsp3) is 0.409. The Bertz CT molecular complexity index is 943. The van der Waals surface area contributed by atoms with E-state index in [0.29, 0.717) is 43.1 Å².